The summed E-state index contributed by atoms with van der Waals surface area (Å²) >= 11 is 0. The quantitative estimate of drug-likeness (QED) is 0.790. The summed E-state index contributed by atoms with van der Waals surface area (Å²) in [7, 11) is -1.18. The fourth-order valence-corrected chi connectivity index (χ4v) is 3.27. The summed E-state index contributed by atoms with van der Waals surface area (Å²) in [6.07, 6.45) is 1.52. The van der Waals surface area contributed by atoms with E-state index in [9.17, 15) is 13.8 Å². The molecule has 1 atom stereocenters. The summed E-state index contributed by atoms with van der Waals surface area (Å²) in [5.41, 5.74) is 0.832. The molecule has 1 aliphatic heterocycles. The summed E-state index contributed by atoms with van der Waals surface area (Å²) in [5.74, 6) is 0.536. The third-order valence-corrected chi connectivity index (χ3v) is 4.55. The molecule has 0 radical (unpaired) electrons. The molecule has 0 fully saturated rings. The van der Waals surface area contributed by atoms with Crippen molar-refractivity contribution in [3.8, 4) is 0 Å². The molecule has 2 amide bonds. The lowest BCUT2D eigenvalue weighted by Gasteiger charge is -2.12. The molecule has 21 heavy (non-hydrogen) atoms. The number of imide groups is 1. The number of benzene rings is 1. The van der Waals surface area contributed by atoms with Gasteiger partial charge >= 0.3 is 0 Å². The van der Waals surface area contributed by atoms with Crippen molar-refractivity contribution in [1.82, 2.24) is 4.90 Å². The Balaban J connectivity index is 1.63. The van der Waals surface area contributed by atoms with Gasteiger partial charge in [-0.1, -0.05) is 12.1 Å². The summed E-state index contributed by atoms with van der Waals surface area (Å²) in [6, 6.07) is 10.2. The highest BCUT2D eigenvalue weighted by Gasteiger charge is 2.34. The monoisotopic (exact) mass is 303 g/mol. The third-order valence-electron chi connectivity index (χ3n) is 3.30. The van der Waals surface area contributed by atoms with E-state index in [-0.39, 0.29) is 29.9 Å². The lowest BCUT2D eigenvalue weighted by Crippen LogP contribution is -2.33. The first-order valence-corrected chi connectivity index (χ1v) is 7.98. The van der Waals surface area contributed by atoms with Gasteiger partial charge in [0.2, 0.25) is 0 Å². The highest BCUT2D eigenvalue weighted by molar-refractivity contribution is 7.84. The van der Waals surface area contributed by atoms with Crippen LogP contribution in [0.2, 0.25) is 0 Å². The van der Waals surface area contributed by atoms with Crippen LogP contribution in [0.1, 0.15) is 26.5 Å². The van der Waals surface area contributed by atoms with Gasteiger partial charge in [-0.2, -0.15) is 0 Å². The Hall–Kier alpha value is -2.21. The minimum atomic E-state index is -1.18. The number of furan rings is 1. The Kier molecular flexibility index (Phi) is 3.70. The van der Waals surface area contributed by atoms with Gasteiger partial charge in [0.25, 0.3) is 11.8 Å². The fourth-order valence-electron chi connectivity index (χ4n) is 2.26. The van der Waals surface area contributed by atoms with Crippen molar-refractivity contribution < 1.29 is 18.2 Å². The summed E-state index contributed by atoms with van der Waals surface area (Å²) in [4.78, 5) is 25.4. The zero-order valence-corrected chi connectivity index (χ0v) is 12.0. The van der Waals surface area contributed by atoms with Gasteiger partial charge in [-0.05, 0) is 24.3 Å². The second-order valence-corrected chi connectivity index (χ2v) is 6.25. The average molecular weight is 303 g/mol. The number of amides is 2. The number of hydrogen-bond donors (Lipinski definition) is 0. The number of carbonyl (C=O) groups excluding carboxylic acids is 2. The van der Waals surface area contributed by atoms with Gasteiger partial charge in [0.1, 0.15) is 5.76 Å². The van der Waals surface area contributed by atoms with E-state index in [1.807, 2.05) is 0 Å². The molecular formula is C15H13NO4S. The molecule has 1 unspecified atom stereocenters. The van der Waals surface area contributed by atoms with Crippen molar-refractivity contribution >= 4 is 22.6 Å². The SMILES string of the molecule is O=C1c2ccccc2C(=O)N1CCS(=O)Cc1ccco1. The largest absolute Gasteiger partial charge is 0.468 e. The molecule has 1 aliphatic rings. The van der Waals surface area contributed by atoms with Crippen LogP contribution in [0.25, 0.3) is 0 Å². The van der Waals surface area contributed by atoms with Crippen LogP contribution in [0.3, 0.4) is 0 Å². The Labute approximate surface area is 124 Å². The maximum absolute atomic E-state index is 12.1. The van der Waals surface area contributed by atoms with Crippen LogP contribution in [0.4, 0.5) is 0 Å². The summed E-state index contributed by atoms with van der Waals surface area (Å²) in [6.45, 7) is 0.152. The first-order valence-electron chi connectivity index (χ1n) is 6.49. The zero-order chi connectivity index (χ0) is 14.8. The molecule has 0 bridgehead atoms. The molecule has 0 saturated heterocycles. The van der Waals surface area contributed by atoms with Crippen LogP contribution in [-0.4, -0.2) is 33.2 Å². The number of fused-ring (bicyclic) bond motifs is 1. The van der Waals surface area contributed by atoms with E-state index in [2.05, 4.69) is 0 Å². The number of carbonyl (C=O) groups is 2. The molecule has 5 nitrogen and oxygen atoms in total. The summed E-state index contributed by atoms with van der Waals surface area (Å²) < 4.78 is 17.1. The summed E-state index contributed by atoms with van der Waals surface area (Å²) in [5, 5.41) is 0. The van der Waals surface area contributed by atoms with Crippen molar-refractivity contribution in [1.29, 1.82) is 0 Å². The van der Waals surface area contributed by atoms with Crippen molar-refractivity contribution in [3.05, 3.63) is 59.5 Å². The second kappa shape index (κ2) is 5.65. The van der Waals surface area contributed by atoms with E-state index in [0.29, 0.717) is 16.9 Å². The molecule has 1 aromatic carbocycles. The maximum atomic E-state index is 12.1. The van der Waals surface area contributed by atoms with Crippen LogP contribution in [0.15, 0.2) is 47.1 Å². The Morgan fingerprint density at radius 3 is 2.24 bits per heavy atom. The lowest BCUT2D eigenvalue weighted by atomic mass is 10.1. The average Bonchev–Trinajstić information content (AvgIpc) is 3.07. The highest BCUT2D eigenvalue weighted by atomic mass is 32.2. The topological polar surface area (TPSA) is 67.6 Å². The third kappa shape index (κ3) is 2.67. The van der Waals surface area contributed by atoms with Gasteiger partial charge in [0, 0.05) is 23.1 Å². The van der Waals surface area contributed by atoms with Crippen molar-refractivity contribution in [3.63, 3.8) is 0 Å². The standard InChI is InChI=1S/C15H13NO4S/c17-14-12-5-1-2-6-13(12)15(18)16(14)7-9-21(19)10-11-4-3-8-20-11/h1-6,8H,7,9-10H2. The van der Waals surface area contributed by atoms with Gasteiger partial charge in [-0.25, -0.2) is 0 Å². The van der Waals surface area contributed by atoms with E-state index >= 15 is 0 Å². The van der Waals surface area contributed by atoms with Crippen molar-refractivity contribution in [2.75, 3.05) is 12.3 Å². The number of rotatable bonds is 5. The Morgan fingerprint density at radius 2 is 1.67 bits per heavy atom. The first kappa shape index (κ1) is 13.8. The Morgan fingerprint density at radius 1 is 1.00 bits per heavy atom. The van der Waals surface area contributed by atoms with Crippen molar-refractivity contribution in [2.24, 2.45) is 0 Å². The Bertz CT molecular complexity index is 673. The number of nitrogens with zero attached hydrogens (tertiary/aromatic N) is 1. The zero-order valence-electron chi connectivity index (χ0n) is 11.2. The van der Waals surface area contributed by atoms with E-state index in [1.165, 1.54) is 6.26 Å². The normalized spacial score (nSPS) is 15.3. The minimum absolute atomic E-state index is 0.152. The second-order valence-electron chi connectivity index (χ2n) is 4.68. The lowest BCUT2D eigenvalue weighted by molar-refractivity contribution is 0.0664. The molecule has 0 aliphatic carbocycles. The molecule has 2 heterocycles. The molecule has 3 rings (SSSR count). The van der Waals surface area contributed by atoms with Crippen LogP contribution < -0.4 is 0 Å². The molecular weight excluding hydrogens is 290 g/mol. The molecule has 0 N–H and O–H groups in total. The van der Waals surface area contributed by atoms with E-state index in [1.54, 1.807) is 36.4 Å². The van der Waals surface area contributed by atoms with E-state index in [0.717, 1.165) is 4.90 Å². The van der Waals surface area contributed by atoms with Gasteiger partial charge < -0.3 is 4.42 Å². The minimum Gasteiger partial charge on any atom is -0.468 e. The molecule has 0 saturated carbocycles. The van der Waals surface area contributed by atoms with Crippen LogP contribution in [0.5, 0.6) is 0 Å². The van der Waals surface area contributed by atoms with Gasteiger partial charge in [-0.3, -0.25) is 18.7 Å². The van der Waals surface area contributed by atoms with Gasteiger partial charge in [-0.15, -0.1) is 0 Å². The molecule has 6 heteroatoms. The smallest absolute Gasteiger partial charge is 0.261 e. The fraction of sp³-hybridized carbons (Fsp3) is 0.200. The maximum Gasteiger partial charge on any atom is 0.261 e. The molecule has 2 aromatic rings. The van der Waals surface area contributed by atoms with E-state index < -0.39 is 10.8 Å². The van der Waals surface area contributed by atoms with Crippen molar-refractivity contribution in [2.45, 2.75) is 5.75 Å². The molecule has 108 valence electrons. The number of hydrogen-bond acceptors (Lipinski definition) is 4. The predicted octanol–water partition coefficient (Wildman–Crippen LogP) is 1.82. The van der Waals surface area contributed by atoms with E-state index in [4.69, 9.17) is 4.42 Å². The van der Waals surface area contributed by atoms with Crippen LogP contribution in [-0.2, 0) is 16.6 Å². The van der Waals surface area contributed by atoms with Crippen LogP contribution in [0, 0.1) is 0 Å². The molecule has 1 aromatic heterocycles. The highest BCUT2D eigenvalue weighted by Crippen LogP contribution is 2.22. The first-order chi connectivity index (χ1) is 10.2. The van der Waals surface area contributed by atoms with Crippen LogP contribution >= 0.6 is 0 Å². The van der Waals surface area contributed by atoms with Gasteiger partial charge in [0.05, 0.1) is 23.1 Å². The molecule has 0 spiro atoms. The predicted molar refractivity (Wildman–Crippen MR) is 77.2 cm³/mol. The van der Waals surface area contributed by atoms with Gasteiger partial charge in [0.15, 0.2) is 0 Å².